The molecule has 0 aliphatic heterocycles. The molecule has 0 spiro atoms. The number of nitrogens with zero attached hydrogens (tertiary/aromatic N) is 2. The molecule has 0 atom stereocenters. The zero-order valence-electron chi connectivity index (χ0n) is 11.1. The zero-order chi connectivity index (χ0) is 14.6. The highest BCUT2D eigenvalue weighted by molar-refractivity contribution is 7.91. The average Bonchev–Trinajstić information content (AvgIpc) is 3.04. The van der Waals surface area contributed by atoms with Crippen LogP contribution in [-0.2, 0) is 16.3 Å². The second-order valence-electron chi connectivity index (χ2n) is 4.20. The molecule has 2 rings (SSSR count). The van der Waals surface area contributed by atoms with Gasteiger partial charge in [0.05, 0.1) is 5.75 Å². The summed E-state index contributed by atoms with van der Waals surface area (Å²) in [5, 5.41) is 3.61. The Kier molecular flexibility index (Phi) is 4.61. The van der Waals surface area contributed by atoms with E-state index in [2.05, 4.69) is 19.7 Å². The molecule has 0 saturated carbocycles. The van der Waals surface area contributed by atoms with Crippen LogP contribution in [0.5, 0.6) is 0 Å². The molecule has 0 aliphatic carbocycles. The highest BCUT2D eigenvalue weighted by atomic mass is 32.2. The fourth-order valence-corrected chi connectivity index (χ4v) is 3.94. The molecule has 0 saturated heterocycles. The Hall–Kier alpha value is -1.61. The van der Waals surface area contributed by atoms with E-state index in [1.165, 1.54) is 0 Å². The number of hydrogen-bond acceptors (Lipinski definition) is 7. The van der Waals surface area contributed by atoms with Gasteiger partial charge in [-0.1, -0.05) is 6.92 Å². The predicted molar refractivity (Wildman–Crippen MR) is 79.7 cm³/mol. The Balaban J connectivity index is 1.97. The number of rotatable bonds is 7. The first-order chi connectivity index (χ1) is 9.54. The van der Waals surface area contributed by atoms with Crippen LogP contribution in [-0.4, -0.2) is 35.1 Å². The Morgan fingerprint density at radius 2 is 2.30 bits per heavy atom. The fraction of sp³-hybridized carbons (Fsp3) is 0.455. The molecule has 0 unspecified atom stereocenters. The zero-order valence-corrected chi connectivity index (χ0v) is 12.7. The summed E-state index contributed by atoms with van der Waals surface area (Å²) in [6, 6.07) is 0. The van der Waals surface area contributed by atoms with Crippen molar-refractivity contribution in [1.29, 1.82) is 0 Å². The number of imidazole rings is 1. The molecular weight excluding hydrogens is 298 g/mol. The Labute approximate surface area is 121 Å². The summed E-state index contributed by atoms with van der Waals surface area (Å²) in [5.41, 5.74) is 5.65. The monoisotopic (exact) mass is 315 g/mol. The molecule has 0 aliphatic rings. The van der Waals surface area contributed by atoms with Crippen molar-refractivity contribution in [1.82, 2.24) is 14.3 Å². The van der Waals surface area contributed by atoms with E-state index in [0.717, 1.165) is 30.2 Å². The average molecular weight is 315 g/mol. The predicted octanol–water partition coefficient (Wildman–Crippen LogP) is 1.29. The SMILES string of the molecule is CCS(=O)(=O)c1c(N)nsc1NCCCc1ncc[nH]1. The van der Waals surface area contributed by atoms with Crippen molar-refractivity contribution in [2.24, 2.45) is 0 Å². The van der Waals surface area contributed by atoms with Crippen molar-refractivity contribution in [2.75, 3.05) is 23.3 Å². The molecule has 4 N–H and O–H groups in total. The summed E-state index contributed by atoms with van der Waals surface area (Å²) >= 11 is 1.08. The third kappa shape index (κ3) is 3.28. The minimum absolute atomic E-state index is 0.0106. The molecule has 0 amide bonds. The molecule has 0 aromatic carbocycles. The van der Waals surface area contributed by atoms with Crippen molar-refractivity contribution >= 4 is 32.2 Å². The van der Waals surface area contributed by atoms with E-state index in [-0.39, 0.29) is 16.5 Å². The van der Waals surface area contributed by atoms with Crippen LogP contribution in [0, 0.1) is 0 Å². The van der Waals surface area contributed by atoms with Gasteiger partial charge in [-0.2, -0.15) is 4.37 Å². The molecule has 110 valence electrons. The van der Waals surface area contributed by atoms with Gasteiger partial charge in [-0.3, -0.25) is 0 Å². The molecule has 20 heavy (non-hydrogen) atoms. The summed E-state index contributed by atoms with van der Waals surface area (Å²) in [7, 11) is -3.35. The Morgan fingerprint density at radius 1 is 1.50 bits per heavy atom. The number of sulfone groups is 1. The summed E-state index contributed by atoms with van der Waals surface area (Å²) in [5.74, 6) is 0.999. The van der Waals surface area contributed by atoms with Gasteiger partial charge in [0.2, 0.25) is 0 Å². The molecule has 0 fully saturated rings. The van der Waals surface area contributed by atoms with Crippen molar-refractivity contribution in [3.05, 3.63) is 18.2 Å². The maximum Gasteiger partial charge on any atom is 0.184 e. The summed E-state index contributed by atoms with van der Waals surface area (Å²) in [6.45, 7) is 2.22. The third-order valence-electron chi connectivity index (χ3n) is 2.80. The molecule has 9 heteroatoms. The second-order valence-corrected chi connectivity index (χ2v) is 7.18. The van der Waals surface area contributed by atoms with Gasteiger partial charge >= 0.3 is 0 Å². The normalized spacial score (nSPS) is 11.7. The van der Waals surface area contributed by atoms with Gasteiger partial charge in [0.25, 0.3) is 0 Å². The van der Waals surface area contributed by atoms with Crippen LogP contribution in [0.25, 0.3) is 0 Å². The minimum atomic E-state index is -3.35. The fourth-order valence-electron chi connectivity index (χ4n) is 1.74. The molecule has 2 heterocycles. The first-order valence-electron chi connectivity index (χ1n) is 6.24. The first kappa shape index (κ1) is 14.8. The minimum Gasteiger partial charge on any atom is -0.382 e. The van der Waals surface area contributed by atoms with E-state index in [4.69, 9.17) is 5.73 Å². The molecular formula is C11H17N5O2S2. The van der Waals surface area contributed by atoms with Crippen LogP contribution in [0.15, 0.2) is 17.3 Å². The lowest BCUT2D eigenvalue weighted by atomic mass is 10.3. The number of anilines is 2. The van der Waals surface area contributed by atoms with Crippen molar-refractivity contribution in [2.45, 2.75) is 24.7 Å². The van der Waals surface area contributed by atoms with Crippen LogP contribution in [0.4, 0.5) is 10.8 Å². The highest BCUT2D eigenvalue weighted by Crippen LogP contribution is 2.32. The number of H-pyrrole nitrogens is 1. The molecule has 0 radical (unpaired) electrons. The quantitative estimate of drug-likeness (QED) is 0.663. The van der Waals surface area contributed by atoms with E-state index >= 15 is 0 Å². The van der Waals surface area contributed by atoms with E-state index in [0.29, 0.717) is 11.5 Å². The number of nitrogen functional groups attached to an aromatic ring is 1. The van der Waals surface area contributed by atoms with Crippen LogP contribution in [0.3, 0.4) is 0 Å². The van der Waals surface area contributed by atoms with E-state index in [1.807, 2.05) is 0 Å². The maximum absolute atomic E-state index is 12.0. The molecule has 2 aromatic rings. The molecule has 7 nitrogen and oxygen atoms in total. The van der Waals surface area contributed by atoms with Crippen molar-refractivity contribution in [3.63, 3.8) is 0 Å². The standard InChI is InChI=1S/C11H17N5O2S2/c1-2-20(17,18)9-10(12)16-19-11(9)15-5-3-4-8-13-6-7-14-8/h6-7,15H,2-5H2,1H3,(H2,12,16)(H,13,14). The van der Waals surface area contributed by atoms with Crippen molar-refractivity contribution < 1.29 is 8.42 Å². The van der Waals surface area contributed by atoms with Gasteiger partial charge in [0.15, 0.2) is 15.7 Å². The lowest BCUT2D eigenvalue weighted by Crippen LogP contribution is -2.10. The Bertz CT molecular complexity index is 648. The van der Waals surface area contributed by atoms with Gasteiger partial charge in [0.1, 0.15) is 15.7 Å². The largest absolute Gasteiger partial charge is 0.382 e. The van der Waals surface area contributed by atoms with Gasteiger partial charge in [-0.15, -0.1) is 0 Å². The van der Waals surface area contributed by atoms with E-state index in [9.17, 15) is 8.42 Å². The second kappa shape index (κ2) is 6.23. The summed E-state index contributed by atoms with van der Waals surface area (Å²) in [4.78, 5) is 7.27. The van der Waals surface area contributed by atoms with Crippen LogP contribution >= 0.6 is 11.5 Å². The third-order valence-corrected chi connectivity index (χ3v) is 5.54. The number of hydrogen-bond donors (Lipinski definition) is 3. The van der Waals surface area contributed by atoms with E-state index < -0.39 is 9.84 Å². The Morgan fingerprint density at radius 3 is 2.95 bits per heavy atom. The maximum atomic E-state index is 12.0. The van der Waals surface area contributed by atoms with Gasteiger partial charge < -0.3 is 16.0 Å². The van der Waals surface area contributed by atoms with Crippen LogP contribution < -0.4 is 11.1 Å². The molecule has 0 bridgehead atoms. The summed E-state index contributed by atoms with van der Waals surface area (Å²) in [6.07, 6.45) is 5.11. The number of aromatic amines is 1. The highest BCUT2D eigenvalue weighted by Gasteiger charge is 2.23. The van der Waals surface area contributed by atoms with E-state index in [1.54, 1.807) is 19.3 Å². The van der Waals surface area contributed by atoms with Crippen LogP contribution in [0.2, 0.25) is 0 Å². The van der Waals surface area contributed by atoms with Gasteiger partial charge in [-0.25, -0.2) is 13.4 Å². The summed E-state index contributed by atoms with van der Waals surface area (Å²) < 4.78 is 27.8. The number of nitrogens with one attached hydrogen (secondary N) is 2. The number of aryl methyl sites for hydroxylation is 1. The van der Waals surface area contributed by atoms with Gasteiger partial charge in [0, 0.05) is 25.4 Å². The molecule has 2 aromatic heterocycles. The van der Waals surface area contributed by atoms with Gasteiger partial charge in [-0.05, 0) is 18.0 Å². The first-order valence-corrected chi connectivity index (χ1v) is 8.67. The topological polar surface area (TPSA) is 114 Å². The lowest BCUT2D eigenvalue weighted by Gasteiger charge is -2.06. The lowest BCUT2D eigenvalue weighted by molar-refractivity contribution is 0.598. The van der Waals surface area contributed by atoms with Crippen LogP contribution in [0.1, 0.15) is 19.2 Å². The number of aromatic nitrogens is 3. The smallest absolute Gasteiger partial charge is 0.184 e. The number of nitrogens with two attached hydrogens (primary N) is 1. The van der Waals surface area contributed by atoms with Crippen molar-refractivity contribution in [3.8, 4) is 0 Å².